The van der Waals surface area contributed by atoms with Gasteiger partial charge in [0.15, 0.2) is 0 Å². The second-order valence-corrected chi connectivity index (χ2v) is 6.76. The Kier molecular flexibility index (Phi) is 4.97. The third-order valence-corrected chi connectivity index (χ3v) is 5.32. The Balaban J connectivity index is 2.15. The zero-order chi connectivity index (χ0) is 14.7. The van der Waals surface area contributed by atoms with Gasteiger partial charge >= 0.3 is 0 Å². The third kappa shape index (κ3) is 3.48. The van der Waals surface area contributed by atoms with Gasteiger partial charge in [0.25, 0.3) is 0 Å². The molecule has 0 amide bonds. The molecule has 2 atom stereocenters. The van der Waals surface area contributed by atoms with Crippen LogP contribution in [0.2, 0.25) is 5.02 Å². The number of halogens is 1. The van der Waals surface area contributed by atoms with Crippen LogP contribution in [-0.2, 0) is 10.8 Å². The van der Waals surface area contributed by atoms with Crippen LogP contribution in [0.3, 0.4) is 0 Å². The van der Waals surface area contributed by atoms with Crippen molar-refractivity contribution in [3.8, 4) is 0 Å². The van der Waals surface area contributed by atoms with E-state index in [2.05, 4.69) is 19.9 Å². The second kappa shape index (κ2) is 6.53. The van der Waals surface area contributed by atoms with E-state index in [1.54, 1.807) is 12.1 Å². The molecule has 0 saturated heterocycles. The molecular formula is C16H18ClNOS. The molecule has 2 aromatic carbocycles. The molecule has 2 rings (SSSR count). The Labute approximate surface area is 127 Å². The molecule has 2 unspecified atom stereocenters. The summed E-state index contributed by atoms with van der Waals surface area (Å²) in [7, 11) is -1.19. The van der Waals surface area contributed by atoms with Crippen LogP contribution in [0.1, 0.15) is 22.7 Å². The minimum absolute atomic E-state index is 0.258. The van der Waals surface area contributed by atoms with E-state index in [0.29, 0.717) is 15.7 Å². The summed E-state index contributed by atoms with van der Waals surface area (Å²) in [5, 5.41) is 0.526. The molecule has 0 aliphatic rings. The maximum absolute atomic E-state index is 12.3. The maximum Gasteiger partial charge on any atom is 0.0574 e. The summed E-state index contributed by atoms with van der Waals surface area (Å²) in [5.41, 5.74) is 9.60. The molecule has 4 heteroatoms. The predicted molar refractivity (Wildman–Crippen MR) is 85.6 cm³/mol. The fourth-order valence-electron chi connectivity index (χ4n) is 1.97. The molecule has 0 spiro atoms. The van der Waals surface area contributed by atoms with Crippen molar-refractivity contribution in [2.24, 2.45) is 5.73 Å². The summed E-state index contributed by atoms with van der Waals surface area (Å²) < 4.78 is 12.3. The Hall–Kier alpha value is -1.16. The minimum atomic E-state index is -1.19. The van der Waals surface area contributed by atoms with Gasteiger partial charge in [-0.15, -0.1) is 0 Å². The average Bonchev–Trinajstić information content (AvgIpc) is 2.42. The molecule has 106 valence electrons. The summed E-state index contributed by atoms with van der Waals surface area (Å²) in [4.78, 5) is 0.647. The van der Waals surface area contributed by atoms with E-state index in [1.807, 2.05) is 24.3 Å². The topological polar surface area (TPSA) is 43.1 Å². The second-order valence-electron chi connectivity index (χ2n) is 4.89. The van der Waals surface area contributed by atoms with Crippen molar-refractivity contribution in [2.45, 2.75) is 24.8 Å². The van der Waals surface area contributed by atoms with Gasteiger partial charge < -0.3 is 5.73 Å². The maximum atomic E-state index is 12.3. The van der Waals surface area contributed by atoms with Gasteiger partial charge in [0.1, 0.15) is 0 Å². The molecular weight excluding hydrogens is 290 g/mol. The van der Waals surface area contributed by atoms with Crippen LogP contribution in [0, 0.1) is 13.8 Å². The first kappa shape index (κ1) is 15.2. The molecule has 0 heterocycles. The zero-order valence-corrected chi connectivity index (χ0v) is 13.2. The molecule has 0 aliphatic carbocycles. The van der Waals surface area contributed by atoms with Crippen LogP contribution in [0.5, 0.6) is 0 Å². The Morgan fingerprint density at radius 2 is 1.85 bits per heavy atom. The monoisotopic (exact) mass is 307 g/mol. The van der Waals surface area contributed by atoms with Crippen LogP contribution in [-0.4, -0.2) is 9.96 Å². The average molecular weight is 308 g/mol. The molecule has 2 aromatic rings. The smallest absolute Gasteiger partial charge is 0.0574 e. The highest BCUT2D eigenvalue weighted by atomic mass is 35.5. The highest BCUT2D eigenvalue weighted by Gasteiger charge is 2.14. The largest absolute Gasteiger partial charge is 0.323 e. The number of hydrogen-bond acceptors (Lipinski definition) is 2. The van der Waals surface area contributed by atoms with E-state index in [9.17, 15) is 4.21 Å². The Bertz CT molecular complexity index is 642. The van der Waals surface area contributed by atoms with E-state index >= 15 is 0 Å². The van der Waals surface area contributed by atoms with Crippen LogP contribution < -0.4 is 5.73 Å². The number of hydrogen-bond donors (Lipinski definition) is 1. The van der Waals surface area contributed by atoms with Gasteiger partial charge in [-0.2, -0.15) is 0 Å². The van der Waals surface area contributed by atoms with Crippen LogP contribution in [0.25, 0.3) is 0 Å². The Morgan fingerprint density at radius 1 is 1.15 bits per heavy atom. The van der Waals surface area contributed by atoms with E-state index in [1.165, 1.54) is 11.1 Å². The summed E-state index contributed by atoms with van der Waals surface area (Å²) in [6, 6.07) is 13.0. The number of rotatable bonds is 4. The summed E-state index contributed by atoms with van der Waals surface area (Å²) in [6.07, 6.45) is 0. The molecule has 0 radical (unpaired) electrons. The van der Waals surface area contributed by atoms with Crippen molar-refractivity contribution in [1.29, 1.82) is 0 Å². The van der Waals surface area contributed by atoms with Gasteiger partial charge in [0.2, 0.25) is 0 Å². The molecule has 2 nitrogen and oxygen atoms in total. The lowest BCUT2D eigenvalue weighted by Crippen LogP contribution is -2.18. The standard InChI is InChI=1S/C16H18ClNOS/c1-11-7-8-13(9-12(11)2)15(18)10-20(19)16-6-4-3-5-14(16)17/h3-9,15H,10,18H2,1-2H3. The number of benzene rings is 2. The van der Waals surface area contributed by atoms with Gasteiger partial charge in [-0.1, -0.05) is 41.9 Å². The van der Waals surface area contributed by atoms with Crippen molar-refractivity contribution in [3.05, 3.63) is 64.2 Å². The van der Waals surface area contributed by atoms with E-state index in [-0.39, 0.29) is 6.04 Å². The fraction of sp³-hybridized carbons (Fsp3) is 0.250. The zero-order valence-electron chi connectivity index (χ0n) is 11.6. The van der Waals surface area contributed by atoms with Crippen molar-refractivity contribution in [2.75, 3.05) is 5.75 Å². The molecule has 0 saturated carbocycles. The normalized spacial score (nSPS) is 14.0. The van der Waals surface area contributed by atoms with Gasteiger partial charge in [-0.05, 0) is 42.7 Å². The minimum Gasteiger partial charge on any atom is -0.323 e. The van der Waals surface area contributed by atoms with Crippen molar-refractivity contribution in [3.63, 3.8) is 0 Å². The van der Waals surface area contributed by atoms with Gasteiger partial charge in [-0.25, -0.2) is 0 Å². The lowest BCUT2D eigenvalue weighted by molar-refractivity contribution is 0.675. The third-order valence-electron chi connectivity index (χ3n) is 3.37. The first-order valence-electron chi connectivity index (χ1n) is 6.44. The van der Waals surface area contributed by atoms with E-state index in [0.717, 1.165) is 5.56 Å². The van der Waals surface area contributed by atoms with Crippen molar-refractivity contribution >= 4 is 22.4 Å². The highest BCUT2D eigenvalue weighted by molar-refractivity contribution is 7.85. The van der Waals surface area contributed by atoms with Crippen LogP contribution in [0.15, 0.2) is 47.4 Å². The lowest BCUT2D eigenvalue weighted by Gasteiger charge is -2.14. The highest BCUT2D eigenvalue weighted by Crippen LogP contribution is 2.22. The lowest BCUT2D eigenvalue weighted by atomic mass is 10.0. The van der Waals surface area contributed by atoms with Gasteiger partial charge in [0, 0.05) is 11.8 Å². The molecule has 0 aliphatic heterocycles. The van der Waals surface area contributed by atoms with Gasteiger partial charge in [0.05, 0.1) is 20.7 Å². The molecule has 0 bridgehead atoms. The first-order chi connectivity index (χ1) is 9.49. The van der Waals surface area contributed by atoms with E-state index in [4.69, 9.17) is 17.3 Å². The van der Waals surface area contributed by atoms with Gasteiger partial charge in [-0.3, -0.25) is 4.21 Å². The number of aryl methyl sites for hydroxylation is 2. The summed E-state index contributed by atoms with van der Waals surface area (Å²) in [6.45, 7) is 4.11. The molecule has 0 fully saturated rings. The summed E-state index contributed by atoms with van der Waals surface area (Å²) >= 11 is 6.06. The first-order valence-corrected chi connectivity index (χ1v) is 8.14. The Morgan fingerprint density at radius 3 is 2.50 bits per heavy atom. The molecule has 20 heavy (non-hydrogen) atoms. The number of nitrogens with two attached hydrogens (primary N) is 1. The van der Waals surface area contributed by atoms with Crippen molar-refractivity contribution in [1.82, 2.24) is 0 Å². The fourth-order valence-corrected chi connectivity index (χ4v) is 3.58. The molecule has 2 N–H and O–H groups in total. The quantitative estimate of drug-likeness (QED) is 0.934. The van der Waals surface area contributed by atoms with E-state index < -0.39 is 10.8 Å². The van der Waals surface area contributed by atoms with Crippen LogP contribution >= 0.6 is 11.6 Å². The molecule has 0 aromatic heterocycles. The predicted octanol–water partition coefficient (Wildman–Crippen LogP) is 3.76. The summed E-state index contributed by atoms with van der Waals surface area (Å²) in [5.74, 6) is 0.367. The van der Waals surface area contributed by atoms with Crippen LogP contribution in [0.4, 0.5) is 0 Å². The van der Waals surface area contributed by atoms with Crippen molar-refractivity contribution < 1.29 is 4.21 Å². The SMILES string of the molecule is Cc1ccc(C(N)CS(=O)c2ccccc2Cl)cc1C.